The van der Waals surface area contributed by atoms with Crippen LogP contribution in [0.5, 0.6) is 0 Å². The summed E-state index contributed by atoms with van der Waals surface area (Å²) in [7, 11) is 3.23. The van der Waals surface area contributed by atoms with Gasteiger partial charge in [0.25, 0.3) is 0 Å². The summed E-state index contributed by atoms with van der Waals surface area (Å²) in [5.74, 6) is -0.0917. The van der Waals surface area contributed by atoms with E-state index in [-0.39, 0.29) is 12.1 Å². The van der Waals surface area contributed by atoms with Crippen LogP contribution in [0.2, 0.25) is 0 Å². The van der Waals surface area contributed by atoms with Gasteiger partial charge in [-0.1, -0.05) is 81.9 Å². The Morgan fingerprint density at radius 1 is 0.880 bits per heavy atom. The van der Waals surface area contributed by atoms with Crippen LogP contribution in [0, 0.1) is 0 Å². The smallest absolute Gasteiger partial charge is 0.305 e. The second-order valence-corrected chi connectivity index (χ2v) is 6.29. The fraction of sp³-hybridized carbons (Fsp3) is 0.682. The van der Waals surface area contributed by atoms with Crippen molar-refractivity contribution in [1.29, 1.82) is 0 Å². The van der Waals surface area contributed by atoms with E-state index in [9.17, 15) is 4.79 Å². The van der Waals surface area contributed by atoms with Gasteiger partial charge in [0.05, 0.1) is 13.2 Å². The Balaban J connectivity index is 3.57. The fourth-order valence-corrected chi connectivity index (χ4v) is 2.58. The van der Waals surface area contributed by atoms with Crippen LogP contribution in [0.1, 0.15) is 77.6 Å². The van der Waals surface area contributed by atoms with Crippen molar-refractivity contribution in [3.8, 4) is 0 Å². The van der Waals surface area contributed by atoms with E-state index in [1.165, 1.54) is 39.2 Å². The van der Waals surface area contributed by atoms with Gasteiger partial charge in [0.1, 0.15) is 0 Å². The van der Waals surface area contributed by atoms with E-state index in [2.05, 4.69) is 48.1 Å². The molecule has 0 bridgehead atoms. The van der Waals surface area contributed by atoms with Crippen molar-refractivity contribution >= 4 is 5.97 Å². The summed E-state index contributed by atoms with van der Waals surface area (Å²) in [5, 5.41) is 0. The first kappa shape index (κ1) is 23.6. The molecule has 0 saturated heterocycles. The zero-order valence-electron chi connectivity index (χ0n) is 16.5. The van der Waals surface area contributed by atoms with Gasteiger partial charge in [0.15, 0.2) is 0 Å². The van der Waals surface area contributed by atoms with E-state index in [4.69, 9.17) is 4.74 Å². The van der Waals surface area contributed by atoms with E-state index >= 15 is 0 Å². The molecule has 0 aliphatic rings. The van der Waals surface area contributed by atoms with E-state index in [0.717, 1.165) is 32.1 Å². The lowest BCUT2D eigenvalue weighted by Gasteiger charge is -2.10. The summed E-state index contributed by atoms with van der Waals surface area (Å²) < 4.78 is 10.1. The van der Waals surface area contributed by atoms with Gasteiger partial charge in [0, 0.05) is 13.5 Å². The lowest BCUT2D eigenvalue weighted by Crippen LogP contribution is -2.06. The average Bonchev–Trinajstić information content (AvgIpc) is 2.63. The minimum atomic E-state index is -0.0917. The fourth-order valence-electron chi connectivity index (χ4n) is 2.58. The predicted molar refractivity (Wildman–Crippen MR) is 107 cm³/mol. The van der Waals surface area contributed by atoms with E-state index in [0.29, 0.717) is 6.42 Å². The largest absolute Gasteiger partial charge is 0.469 e. The number of hydrogen-bond donors (Lipinski definition) is 0. The molecular weight excluding hydrogens is 312 g/mol. The van der Waals surface area contributed by atoms with Crippen molar-refractivity contribution in [2.24, 2.45) is 0 Å². The van der Waals surface area contributed by atoms with Gasteiger partial charge in [-0.15, -0.1) is 0 Å². The van der Waals surface area contributed by atoms with E-state index in [1.54, 1.807) is 7.11 Å². The molecule has 144 valence electrons. The molecule has 0 heterocycles. The minimum absolute atomic E-state index is 0.0917. The Hall–Kier alpha value is -1.35. The minimum Gasteiger partial charge on any atom is -0.469 e. The quantitative estimate of drug-likeness (QED) is 0.145. The molecule has 0 radical (unpaired) electrons. The molecule has 0 amide bonds. The van der Waals surface area contributed by atoms with Crippen molar-refractivity contribution in [2.75, 3.05) is 14.2 Å². The molecule has 0 spiro atoms. The zero-order valence-corrected chi connectivity index (χ0v) is 16.5. The molecule has 25 heavy (non-hydrogen) atoms. The molecule has 0 aromatic rings. The number of esters is 1. The lowest BCUT2D eigenvalue weighted by molar-refractivity contribution is -0.140. The van der Waals surface area contributed by atoms with Gasteiger partial charge in [0.2, 0.25) is 0 Å². The van der Waals surface area contributed by atoms with Gasteiger partial charge in [-0.3, -0.25) is 4.79 Å². The maximum atomic E-state index is 11.0. The summed E-state index contributed by atoms with van der Waals surface area (Å²) >= 11 is 0. The Kier molecular flexibility index (Phi) is 18.0. The molecule has 0 aromatic carbocycles. The predicted octanol–water partition coefficient (Wildman–Crippen LogP) is 6.15. The first-order valence-corrected chi connectivity index (χ1v) is 9.82. The van der Waals surface area contributed by atoms with Crippen molar-refractivity contribution in [1.82, 2.24) is 0 Å². The summed E-state index contributed by atoms with van der Waals surface area (Å²) in [6.45, 7) is 2.15. The van der Waals surface area contributed by atoms with Crippen LogP contribution in [0.3, 0.4) is 0 Å². The van der Waals surface area contributed by atoms with Crippen LogP contribution in [0.25, 0.3) is 0 Å². The number of allylic oxidation sites excluding steroid dienone is 5. The maximum absolute atomic E-state index is 11.0. The number of carbonyl (C=O) groups excluding carboxylic acids is 1. The summed E-state index contributed by atoms with van der Waals surface area (Å²) in [4.78, 5) is 11.0. The van der Waals surface area contributed by atoms with Crippen LogP contribution < -0.4 is 0 Å². The molecule has 0 rings (SSSR count). The number of carbonyl (C=O) groups is 1. The molecule has 3 heteroatoms. The van der Waals surface area contributed by atoms with Crippen molar-refractivity contribution in [2.45, 2.75) is 83.7 Å². The second-order valence-electron chi connectivity index (χ2n) is 6.29. The van der Waals surface area contributed by atoms with Gasteiger partial charge in [-0.25, -0.2) is 0 Å². The third kappa shape index (κ3) is 17.3. The summed E-state index contributed by atoms with van der Waals surface area (Å²) in [5.41, 5.74) is 0. The number of hydrogen-bond acceptors (Lipinski definition) is 3. The third-order valence-corrected chi connectivity index (χ3v) is 4.15. The Morgan fingerprint density at radius 3 is 2.20 bits per heavy atom. The number of rotatable bonds is 16. The van der Waals surface area contributed by atoms with Crippen LogP contribution in [0.15, 0.2) is 36.5 Å². The van der Waals surface area contributed by atoms with Crippen molar-refractivity contribution in [3.63, 3.8) is 0 Å². The van der Waals surface area contributed by atoms with Gasteiger partial charge < -0.3 is 9.47 Å². The molecule has 0 aromatic heterocycles. The Morgan fingerprint density at radius 2 is 1.56 bits per heavy atom. The molecule has 0 saturated carbocycles. The van der Waals surface area contributed by atoms with Crippen LogP contribution >= 0.6 is 0 Å². The van der Waals surface area contributed by atoms with E-state index < -0.39 is 0 Å². The van der Waals surface area contributed by atoms with Crippen LogP contribution in [-0.2, 0) is 14.3 Å². The van der Waals surface area contributed by atoms with Crippen molar-refractivity contribution in [3.05, 3.63) is 36.5 Å². The second kappa shape index (κ2) is 19.0. The molecule has 1 atom stereocenters. The lowest BCUT2D eigenvalue weighted by atomic mass is 10.1. The normalized spacial score (nSPS) is 13.2. The molecular formula is C22H38O3. The highest BCUT2D eigenvalue weighted by Crippen LogP contribution is 2.12. The summed E-state index contributed by atoms with van der Waals surface area (Å²) in [6.07, 6.45) is 25.1. The average molecular weight is 351 g/mol. The van der Waals surface area contributed by atoms with Gasteiger partial charge in [-0.05, 0) is 25.7 Å². The van der Waals surface area contributed by atoms with Crippen molar-refractivity contribution < 1.29 is 14.3 Å². The first-order valence-electron chi connectivity index (χ1n) is 9.82. The SMILES string of the molecule is CCC=CCC=CC=CC(CCCCCCCCCC(=O)OC)OC. The molecule has 0 N–H and O–H groups in total. The highest BCUT2D eigenvalue weighted by molar-refractivity contribution is 5.68. The standard InChI is InChI=1S/C22H38O3/c1-4-5-6-7-9-12-15-18-21(24-2)19-16-13-10-8-11-14-17-20-22(23)25-3/h5-6,9,12,15,18,21H,4,7-8,10-11,13-14,16-17,19-20H2,1-3H3. The van der Waals surface area contributed by atoms with Gasteiger partial charge in [-0.2, -0.15) is 0 Å². The third-order valence-electron chi connectivity index (χ3n) is 4.15. The molecule has 0 aliphatic carbocycles. The van der Waals surface area contributed by atoms with E-state index in [1.807, 2.05) is 0 Å². The van der Waals surface area contributed by atoms with Gasteiger partial charge >= 0.3 is 5.97 Å². The Bertz CT molecular complexity index is 383. The molecule has 1 unspecified atom stereocenters. The first-order chi connectivity index (χ1) is 12.2. The number of ether oxygens (including phenoxy) is 2. The maximum Gasteiger partial charge on any atom is 0.305 e. The number of unbranched alkanes of at least 4 members (excludes halogenated alkanes) is 6. The topological polar surface area (TPSA) is 35.5 Å². The number of methoxy groups -OCH3 is 2. The molecule has 0 aliphatic heterocycles. The summed E-state index contributed by atoms with van der Waals surface area (Å²) in [6, 6.07) is 0. The highest BCUT2D eigenvalue weighted by atomic mass is 16.5. The molecule has 3 nitrogen and oxygen atoms in total. The Labute approximate surface area is 155 Å². The molecule has 0 fully saturated rings. The monoisotopic (exact) mass is 350 g/mol. The van der Waals surface area contributed by atoms with Crippen LogP contribution in [0.4, 0.5) is 0 Å². The zero-order chi connectivity index (χ0) is 18.6. The highest BCUT2D eigenvalue weighted by Gasteiger charge is 2.02. The van der Waals surface area contributed by atoms with Crippen LogP contribution in [-0.4, -0.2) is 26.3 Å².